The summed E-state index contributed by atoms with van der Waals surface area (Å²) >= 11 is 0. The summed E-state index contributed by atoms with van der Waals surface area (Å²) in [5.41, 5.74) is -2.26. The van der Waals surface area contributed by atoms with Crippen molar-refractivity contribution in [3.63, 3.8) is 0 Å². The van der Waals surface area contributed by atoms with E-state index in [0.717, 1.165) is 0 Å². The van der Waals surface area contributed by atoms with Gasteiger partial charge in [0.2, 0.25) is 12.6 Å². The Morgan fingerprint density at radius 3 is 1.65 bits per heavy atom. The smallest absolute Gasteiger partial charge is 0.338 e. The number of carbonyl (C=O) groups is 4. The van der Waals surface area contributed by atoms with E-state index in [1.54, 1.807) is 104 Å². The van der Waals surface area contributed by atoms with Gasteiger partial charge in [0.15, 0.2) is 18.3 Å². The van der Waals surface area contributed by atoms with Crippen LogP contribution in [0.5, 0.6) is 0 Å². The van der Waals surface area contributed by atoms with Crippen molar-refractivity contribution < 1.29 is 67.3 Å². The Hall–Kier alpha value is -5.90. The maximum Gasteiger partial charge on any atom is 0.338 e. The van der Waals surface area contributed by atoms with E-state index in [9.17, 15) is 29.4 Å². The molecule has 4 aliphatic rings. The molecule has 4 aromatic carbocycles. The molecule has 1 aliphatic carbocycles. The Balaban J connectivity index is 1.11. The molecule has 57 heavy (non-hydrogen) atoms. The van der Waals surface area contributed by atoms with Crippen LogP contribution in [0.3, 0.4) is 0 Å². The third-order valence-corrected chi connectivity index (χ3v) is 10.6. The number of aliphatic hydroxyl groups is 2. The zero-order chi connectivity index (χ0) is 39.7. The molecule has 2 saturated heterocycles. The van der Waals surface area contributed by atoms with Crippen molar-refractivity contribution in [1.29, 1.82) is 0 Å². The second kappa shape index (κ2) is 15.6. The fourth-order valence-electron chi connectivity index (χ4n) is 7.62. The minimum Gasteiger partial charge on any atom is -0.472 e. The van der Waals surface area contributed by atoms with Crippen LogP contribution in [-0.4, -0.2) is 101 Å². The number of hydrogen-bond donors (Lipinski definition) is 2. The number of ether oxygens (including phenoxy) is 8. The van der Waals surface area contributed by atoms with Crippen molar-refractivity contribution in [2.75, 3.05) is 6.61 Å². The summed E-state index contributed by atoms with van der Waals surface area (Å²) in [5.74, 6) is -4.20. The second-order valence-corrected chi connectivity index (χ2v) is 14.2. The Bertz CT molecular complexity index is 2110. The molecule has 11 atom stereocenters. The minimum atomic E-state index is -1.88. The molecule has 8 rings (SSSR count). The summed E-state index contributed by atoms with van der Waals surface area (Å²) < 4.78 is 47.9. The lowest BCUT2D eigenvalue weighted by atomic mass is 9.82. The Labute approximate surface area is 326 Å². The molecular formula is C43H38O14. The third kappa shape index (κ3) is 7.41. The molecule has 0 bridgehead atoms. The molecule has 0 aromatic heterocycles. The lowest BCUT2D eigenvalue weighted by Crippen LogP contribution is -2.64. The Morgan fingerprint density at radius 2 is 1.12 bits per heavy atom. The van der Waals surface area contributed by atoms with Gasteiger partial charge in [0.25, 0.3) is 0 Å². The summed E-state index contributed by atoms with van der Waals surface area (Å²) in [5, 5.41) is 24.0. The molecule has 3 heterocycles. The topological polar surface area (TPSA) is 186 Å². The van der Waals surface area contributed by atoms with Gasteiger partial charge in [-0.1, -0.05) is 72.8 Å². The lowest BCUT2D eigenvalue weighted by Gasteiger charge is -2.46. The number of carbonyl (C=O) groups excluding carboxylic acids is 4. The van der Waals surface area contributed by atoms with Gasteiger partial charge in [0, 0.05) is 0 Å². The van der Waals surface area contributed by atoms with Crippen LogP contribution in [-0.2, 0) is 37.9 Å². The number of rotatable bonds is 11. The van der Waals surface area contributed by atoms with E-state index >= 15 is 0 Å². The quantitative estimate of drug-likeness (QED) is 0.126. The van der Waals surface area contributed by atoms with Crippen molar-refractivity contribution in [3.05, 3.63) is 156 Å². The van der Waals surface area contributed by atoms with Gasteiger partial charge in [-0.05, 0) is 61.5 Å². The second-order valence-electron chi connectivity index (χ2n) is 14.2. The van der Waals surface area contributed by atoms with Gasteiger partial charge >= 0.3 is 23.9 Å². The van der Waals surface area contributed by atoms with Gasteiger partial charge in [-0.2, -0.15) is 0 Å². The van der Waals surface area contributed by atoms with E-state index in [4.69, 9.17) is 37.9 Å². The largest absolute Gasteiger partial charge is 0.472 e. The van der Waals surface area contributed by atoms with E-state index in [2.05, 4.69) is 0 Å². The summed E-state index contributed by atoms with van der Waals surface area (Å²) in [7, 11) is 0. The third-order valence-electron chi connectivity index (χ3n) is 10.6. The summed E-state index contributed by atoms with van der Waals surface area (Å²) in [6.45, 7) is 1.16. The van der Waals surface area contributed by atoms with Crippen LogP contribution in [0.4, 0.5) is 0 Å². The predicted molar refractivity (Wildman–Crippen MR) is 195 cm³/mol. The van der Waals surface area contributed by atoms with Crippen LogP contribution >= 0.6 is 0 Å². The Morgan fingerprint density at radius 1 is 0.649 bits per heavy atom. The van der Waals surface area contributed by atoms with Crippen molar-refractivity contribution in [1.82, 2.24) is 0 Å². The van der Waals surface area contributed by atoms with Crippen molar-refractivity contribution in [3.8, 4) is 0 Å². The first-order chi connectivity index (χ1) is 27.6. The molecule has 3 fully saturated rings. The number of benzene rings is 4. The minimum absolute atomic E-state index is 0.129. The molecule has 4 aromatic rings. The first-order valence-electron chi connectivity index (χ1n) is 18.3. The fourth-order valence-corrected chi connectivity index (χ4v) is 7.62. The SMILES string of the molecule is C[C@]12O[C@H]1[C@@H](OC(=O)c1ccccc1)[C@]1(O)C=CO[C@@H](O[C@@H]3O[C@H](COC(=O)c4ccccc4)[C@@H](O)[C@H](OC(=O)c4ccccc4)[C@H]3OC(=O)c3ccccc3)C12. The highest BCUT2D eigenvalue weighted by atomic mass is 16.8. The van der Waals surface area contributed by atoms with Crippen LogP contribution in [0.15, 0.2) is 134 Å². The van der Waals surface area contributed by atoms with Crippen molar-refractivity contribution in [2.45, 2.75) is 67.3 Å². The van der Waals surface area contributed by atoms with Crippen LogP contribution in [0.1, 0.15) is 48.4 Å². The first kappa shape index (κ1) is 38.0. The molecule has 294 valence electrons. The fraction of sp³-hybridized carbons (Fsp3) is 0.302. The Kier molecular flexibility index (Phi) is 10.4. The van der Waals surface area contributed by atoms with E-state index in [1.165, 1.54) is 36.6 Å². The average Bonchev–Trinajstić information content (AvgIpc) is 3.87. The van der Waals surface area contributed by atoms with E-state index in [1.807, 2.05) is 0 Å². The lowest BCUT2D eigenvalue weighted by molar-refractivity contribution is -0.348. The molecule has 0 spiro atoms. The highest BCUT2D eigenvalue weighted by Crippen LogP contribution is 2.62. The molecule has 2 N–H and O–H groups in total. The molecule has 14 nitrogen and oxygen atoms in total. The van der Waals surface area contributed by atoms with Crippen LogP contribution in [0.2, 0.25) is 0 Å². The maximum atomic E-state index is 13.6. The average molecular weight is 779 g/mol. The molecule has 1 saturated carbocycles. The summed E-state index contributed by atoms with van der Waals surface area (Å²) in [4.78, 5) is 53.4. The maximum absolute atomic E-state index is 13.6. The van der Waals surface area contributed by atoms with Gasteiger partial charge in [-0.15, -0.1) is 0 Å². The molecule has 3 aliphatic heterocycles. The number of fused-ring (bicyclic) bond motifs is 3. The van der Waals surface area contributed by atoms with Gasteiger partial charge in [-0.3, -0.25) is 0 Å². The zero-order valence-corrected chi connectivity index (χ0v) is 30.4. The predicted octanol–water partition coefficient (Wildman–Crippen LogP) is 4.01. The van der Waals surface area contributed by atoms with E-state index < -0.39 is 96.8 Å². The van der Waals surface area contributed by atoms with Crippen LogP contribution < -0.4 is 0 Å². The van der Waals surface area contributed by atoms with Crippen LogP contribution in [0.25, 0.3) is 0 Å². The zero-order valence-electron chi connectivity index (χ0n) is 30.4. The highest BCUT2D eigenvalue weighted by molar-refractivity contribution is 5.91. The van der Waals surface area contributed by atoms with Crippen molar-refractivity contribution in [2.24, 2.45) is 5.92 Å². The number of aliphatic hydroxyl groups excluding tert-OH is 1. The van der Waals surface area contributed by atoms with Gasteiger partial charge < -0.3 is 48.1 Å². The first-order valence-corrected chi connectivity index (χ1v) is 18.3. The molecular weight excluding hydrogens is 740 g/mol. The normalized spacial score (nSPS) is 32.1. The highest BCUT2D eigenvalue weighted by Gasteiger charge is 2.81. The monoisotopic (exact) mass is 778 g/mol. The number of esters is 4. The van der Waals surface area contributed by atoms with E-state index in [0.29, 0.717) is 0 Å². The number of hydrogen-bond acceptors (Lipinski definition) is 14. The van der Waals surface area contributed by atoms with Gasteiger partial charge in [0.1, 0.15) is 36.1 Å². The summed E-state index contributed by atoms with van der Waals surface area (Å²) in [6.07, 6.45) is -8.99. The van der Waals surface area contributed by atoms with E-state index in [-0.39, 0.29) is 22.3 Å². The number of epoxide rings is 1. The molecule has 0 radical (unpaired) electrons. The van der Waals surface area contributed by atoms with Crippen molar-refractivity contribution >= 4 is 23.9 Å². The van der Waals surface area contributed by atoms with Gasteiger partial charge in [-0.25, -0.2) is 19.2 Å². The standard InChI is InChI=1S/C43H38O14/c1-42-33-41(50-23-22-43(33,49)35(34(42)57-42)55-39(48)28-20-12-5-13-21-28)56-40-32(54-38(47)27-18-10-4-11-19-27)31(53-37(46)26-16-8-3-9-17-26)30(44)29(52-40)24-51-36(45)25-14-6-2-7-15-25/h2-23,29-35,40-41,44,49H,24H2,1H3/t29-,30-,31+,32-,33?,34+,35-,40+,41+,42-,43+/m1/s1. The van der Waals surface area contributed by atoms with Crippen LogP contribution in [0, 0.1) is 5.92 Å². The summed E-state index contributed by atoms with van der Waals surface area (Å²) in [6, 6.07) is 32.3. The molecule has 0 amide bonds. The molecule has 1 unspecified atom stereocenters. The van der Waals surface area contributed by atoms with Gasteiger partial charge in [0.05, 0.1) is 34.4 Å². The molecule has 14 heteroatoms.